The summed E-state index contributed by atoms with van der Waals surface area (Å²) in [7, 11) is 0. The summed E-state index contributed by atoms with van der Waals surface area (Å²) < 4.78 is 4.57. The van der Waals surface area contributed by atoms with Crippen molar-refractivity contribution in [1.29, 1.82) is 0 Å². The Morgan fingerprint density at radius 2 is 2.67 bits per heavy atom. The molecule has 0 bridgehead atoms. The van der Waals surface area contributed by atoms with Crippen LogP contribution in [0.25, 0.3) is 0 Å². The van der Waals surface area contributed by atoms with Gasteiger partial charge in [0.25, 0.3) is 5.69 Å². The van der Waals surface area contributed by atoms with Gasteiger partial charge in [-0.05, 0) is 0 Å². The predicted molar refractivity (Wildman–Crippen MR) is 22.0 cm³/mol. The van der Waals surface area contributed by atoms with E-state index in [1.165, 1.54) is 12.5 Å². The average Bonchev–Trinajstić information content (AvgIpc) is 1.86. The number of hydrogen-bond donors (Lipinski definition) is 0. The van der Waals surface area contributed by atoms with Crippen LogP contribution in [-0.4, -0.2) is 5.69 Å². The Morgan fingerprint density at radius 3 is 2.83 bits per heavy atom. The highest BCUT2D eigenvalue weighted by Gasteiger charge is 2.03. The second-order valence-corrected chi connectivity index (χ2v) is 1.24. The van der Waals surface area contributed by atoms with E-state index in [9.17, 15) is 0 Å². The molecule has 1 radical (unpaired) electrons. The zero-order valence-corrected chi connectivity index (χ0v) is 3.72. The lowest BCUT2D eigenvalue weighted by Gasteiger charge is -1.93. The van der Waals surface area contributed by atoms with Gasteiger partial charge in [-0.2, -0.15) is 0 Å². The summed E-state index contributed by atoms with van der Waals surface area (Å²) in [5.41, 5.74) is -0.468. The molecule has 0 fully saturated rings. The number of alkyl halides is 1. The first kappa shape index (κ1) is 3.81. The number of rotatable bonds is 0. The first-order valence-electron chi connectivity index (χ1n) is 1.54. The second-order valence-electron chi connectivity index (χ2n) is 0.862. The third-order valence-electron chi connectivity index (χ3n) is 0.455. The van der Waals surface area contributed by atoms with Crippen LogP contribution in [0.4, 0.5) is 0 Å². The molecule has 0 aliphatic carbocycles. The van der Waals surface area contributed by atoms with Gasteiger partial charge in [0.2, 0.25) is 0 Å². The molecule has 0 aromatic heterocycles. The van der Waals surface area contributed by atoms with Crippen molar-refractivity contribution in [2.24, 2.45) is 0 Å². The lowest BCUT2D eigenvalue weighted by Crippen LogP contribution is -2.03. The van der Waals surface area contributed by atoms with Gasteiger partial charge in [-0.15, -0.1) is 0 Å². The summed E-state index contributed by atoms with van der Waals surface area (Å²) in [6.45, 7) is 0. The summed E-state index contributed by atoms with van der Waals surface area (Å²) in [5.74, 6) is 0. The Labute approximate surface area is 40.7 Å². The molecule has 0 aromatic carbocycles. The number of hydrogen-bond acceptors (Lipinski definition) is 1. The smallest absolute Gasteiger partial charge is 0.266 e. The van der Waals surface area contributed by atoms with E-state index in [-0.39, 0.29) is 0 Å². The molecule has 0 amide bonds. The Bertz CT molecular complexity index is 65.2. The van der Waals surface area contributed by atoms with Gasteiger partial charge < -0.3 is 4.74 Å². The van der Waals surface area contributed by atoms with Crippen LogP contribution in [0, 0.1) is 0 Å². The Hall–Kier alpha value is -0.370. The van der Waals surface area contributed by atoms with E-state index in [1.807, 2.05) is 0 Å². The predicted octanol–water partition coefficient (Wildman–Crippen LogP) is 0.615. The average molecular weight is 105 g/mol. The SMILES string of the molecule is ClC1[N]C=CO1. The molecule has 1 heterocycles. The number of halogens is 1. The highest BCUT2D eigenvalue weighted by atomic mass is 35.5. The van der Waals surface area contributed by atoms with Crippen molar-refractivity contribution in [1.82, 2.24) is 5.32 Å². The molecule has 0 aromatic rings. The molecule has 33 valence electrons. The zero-order valence-electron chi connectivity index (χ0n) is 2.97. The fourth-order valence-corrected chi connectivity index (χ4v) is 0.362. The zero-order chi connectivity index (χ0) is 4.41. The fraction of sp³-hybridized carbons (Fsp3) is 0.333. The minimum Gasteiger partial charge on any atom is -0.461 e. The van der Waals surface area contributed by atoms with Crippen LogP contribution in [0.3, 0.4) is 0 Å². The molecule has 1 unspecified atom stereocenters. The Balaban J connectivity index is 2.32. The van der Waals surface area contributed by atoms with Crippen molar-refractivity contribution in [3.63, 3.8) is 0 Å². The van der Waals surface area contributed by atoms with Crippen LogP contribution in [0.15, 0.2) is 12.5 Å². The maximum Gasteiger partial charge on any atom is 0.266 e. The normalized spacial score (nSPS) is 29.2. The van der Waals surface area contributed by atoms with E-state index < -0.39 is 5.69 Å². The van der Waals surface area contributed by atoms with Crippen LogP contribution in [0.2, 0.25) is 0 Å². The van der Waals surface area contributed by atoms with E-state index in [2.05, 4.69) is 10.1 Å². The quantitative estimate of drug-likeness (QED) is 0.326. The van der Waals surface area contributed by atoms with Gasteiger partial charge in [0, 0.05) is 0 Å². The monoisotopic (exact) mass is 104 g/mol. The number of nitrogens with zero attached hydrogens (tertiary/aromatic N) is 1. The van der Waals surface area contributed by atoms with E-state index in [0.717, 1.165) is 0 Å². The summed E-state index contributed by atoms with van der Waals surface area (Å²) >= 11 is 5.26. The van der Waals surface area contributed by atoms with Gasteiger partial charge in [-0.25, -0.2) is 5.32 Å². The maximum absolute atomic E-state index is 5.26. The molecule has 1 atom stereocenters. The lowest BCUT2D eigenvalue weighted by atomic mass is 11.0. The van der Waals surface area contributed by atoms with Crippen molar-refractivity contribution in [2.75, 3.05) is 0 Å². The van der Waals surface area contributed by atoms with Gasteiger partial charge >= 0.3 is 0 Å². The third kappa shape index (κ3) is 0.571. The third-order valence-corrected chi connectivity index (χ3v) is 0.671. The highest BCUT2D eigenvalue weighted by Crippen LogP contribution is 2.01. The van der Waals surface area contributed by atoms with Crippen LogP contribution in [0.5, 0.6) is 0 Å². The maximum atomic E-state index is 5.26. The van der Waals surface area contributed by atoms with Crippen LogP contribution in [0.1, 0.15) is 0 Å². The molecule has 2 nitrogen and oxygen atoms in total. The van der Waals surface area contributed by atoms with Crippen molar-refractivity contribution < 1.29 is 4.74 Å². The van der Waals surface area contributed by atoms with E-state index in [4.69, 9.17) is 11.6 Å². The number of ether oxygens (including phenoxy) is 1. The molecule has 1 aliphatic heterocycles. The van der Waals surface area contributed by atoms with Gasteiger partial charge in [0.15, 0.2) is 0 Å². The van der Waals surface area contributed by atoms with Crippen molar-refractivity contribution >= 4 is 11.6 Å². The van der Waals surface area contributed by atoms with Gasteiger partial charge in [0.05, 0.1) is 6.20 Å². The molecular weight excluding hydrogens is 101 g/mol. The van der Waals surface area contributed by atoms with Gasteiger partial charge in [-0.1, -0.05) is 11.6 Å². The largest absolute Gasteiger partial charge is 0.461 e. The lowest BCUT2D eigenvalue weighted by molar-refractivity contribution is 0.225. The first-order valence-corrected chi connectivity index (χ1v) is 1.98. The summed E-state index contributed by atoms with van der Waals surface area (Å²) in [4.78, 5) is 0. The molecule has 3 heteroatoms. The van der Waals surface area contributed by atoms with E-state index >= 15 is 0 Å². The minimum atomic E-state index is -0.468. The van der Waals surface area contributed by atoms with Crippen LogP contribution >= 0.6 is 11.6 Å². The minimum absolute atomic E-state index is 0.468. The molecular formula is C3H3ClNO. The molecule has 1 aliphatic rings. The molecule has 0 saturated carbocycles. The van der Waals surface area contributed by atoms with Crippen molar-refractivity contribution in [3.05, 3.63) is 12.5 Å². The summed E-state index contributed by atoms with van der Waals surface area (Å²) in [5, 5.41) is 3.60. The highest BCUT2D eigenvalue weighted by molar-refractivity contribution is 6.19. The van der Waals surface area contributed by atoms with E-state index in [1.54, 1.807) is 0 Å². The Morgan fingerprint density at radius 1 is 1.83 bits per heavy atom. The molecule has 1 rings (SSSR count). The van der Waals surface area contributed by atoms with Crippen molar-refractivity contribution in [2.45, 2.75) is 5.69 Å². The second kappa shape index (κ2) is 1.39. The molecule has 0 saturated heterocycles. The standard InChI is InChI=1S/C3H3ClNO/c4-3-5-1-2-6-3/h1-3H. The first-order chi connectivity index (χ1) is 2.89. The van der Waals surface area contributed by atoms with Gasteiger partial charge in [-0.3, -0.25) is 0 Å². The Kier molecular flexibility index (Phi) is 0.881. The van der Waals surface area contributed by atoms with Crippen LogP contribution < -0.4 is 5.32 Å². The summed E-state index contributed by atoms with van der Waals surface area (Å²) in [6.07, 6.45) is 2.98. The fourth-order valence-electron chi connectivity index (χ4n) is 0.238. The molecule has 0 N–H and O–H groups in total. The van der Waals surface area contributed by atoms with Crippen LogP contribution in [-0.2, 0) is 4.74 Å². The van der Waals surface area contributed by atoms with Gasteiger partial charge in [0.1, 0.15) is 6.26 Å². The van der Waals surface area contributed by atoms with Crippen molar-refractivity contribution in [3.8, 4) is 0 Å². The molecule has 6 heavy (non-hydrogen) atoms. The topological polar surface area (TPSA) is 23.3 Å². The summed E-state index contributed by atoms with van der Waals surface area (Å²) in [6, 6.07) is 0. The van der Waals surface area contributed by atoms with E-state index in [0.29, 0.717) is 0 Å². The molecule has 0 spiro atoms.